The number of carbonyl (C=O) groups excluding carboxylic acids is 2. The minimum Gasteiger partial charge on any atom is -0.461 e. The topological polar surface area (TPSA) is 141 Å². The first-order valence-electron chi connectivity index (χ1n) is 12.0. The molecule has 1 aliphatic heterocycles. The second-order valence-corrected chi connectivity index (χ2v) is 8.72. The average molecular weight is 491 g/mol. The molecular weight excluding hydrogens is 460 g/mol. The Labute approximate surface area is 209 Å². The molecule has 11 nitrogen and oxygen atoms in total. The van der Waals surface area contributed by atoms with Gasteiger partial charge in [-0.15, -0.1) is 0 Å². The number of benzene rings is 1. The molecular formula is C25H30N8O3. The summed E-state index contributed by atoms with van der Waals surface area (Å²) in [6.45, 7) is 3.64. The van der Waals surface area contributed by atoms with Crippen molar-refractivity contribution in [1.82, 2.24) is 25.1 Å². The van der Waals surface area contributed by atoms with Crippen LogP contribution in [0.15, 0.2) is 52.4 Å². The highest BCUT2D eigenvalue weighted by Crippen LogP contribution is 2.23. The van der Waals surface area contributed by atoms with Crippen LogP contribution in [-0.2, 0) is 16.1 Å². The lowest BCUT2D eigenvalue weighted by atomic mass is 10.1. The molecule has 1 unspecified atom stereocenters. The molecule has 3 heterocycles. The van der Waals surface area contributed by atoms with Gasteiger partial charge in [0.2, 0.25) is 17.8 Å². The number of aromatic nitrogens is 2. The molecule has 3 N–H and O–H groups in total. The summed E-state index contributed by atoms with van der Waals surface area (Å²) in [7, 11) is 0. The van der Waals surface area contributed by atoms with E-state index in [9.17, 15) is 14.9 Å². The Morgan fingerprint density at radius 2 is 2.22 bits per heavy atom. The molecule has 2 aromatic heterocycles. The van der Waals surface area contributed by atoms with Crippen LogP contribution in [-0.4, -0.2) is 57.9 Å². The van der Waals surface area contributed by atoms with E-state index < -0.39 is 6.04 Å². The standard InChI is InChI=1S/C25H30N8O3/c1-18-13-19-14-20(6-7-22(19)36-18)30-25(29-16-26)31-21-5-2-3-11-33(24(21)35)15-23(34)28-8-4-10-32-12-9-27-17-32/h6-7,9,12-14,17,21H,2-5,8,10-11,15H2,1H3,(H,28,34)(H2,29,30,31). The number of fused-ring (bicyclic) bond motifs is 1. The molecule has 0 saturated carbocycles. The van der Waals surface area contributed by atoms with Gasteiger partial charge in [0.1, 0.15) is 17.4 Å². The third kappa shape index (κ3) is 6.63. The van der Waals surface area contributed by atoms with Gasteiger partial charge in [0.25, 0.3) is 0 Å². The summed E-state index contributed by atoms with van der Waals surface area (Å²) < 4.78 is 7.55. The molecule has 1 aromatic carbocycles. The minimum atomic E-state index is -0.690. The molecule has 36 heavy (non-hydrogen) atoms. The number of likely N-dealkylation sites (tertiary alicyclic amines) is 1. The summed E-state index contributed by atoms with van der Waals surface area (Å²) in [6.07, 6.45) is 10.1. The number of nitrogens with one attached hydrogen (secondary N) is 3. The van der Waals surface area contributed by atoms with Crippen LogP contribution in [0.3, 0.4) is 0 Å². The van der Waals surface area contributed by atoms with Crippen molar-refractivity contribution < 1.29 is 14.0 Å². The van der Waals surface area contributed by atoms with Crippen LogP contribution in [0.5, 0.6) is 0 Å². The molecule has 2 amide bonds. The van der Waals surface area contributed by atoms with Crippen molar-refractivity contribution >= 4 is 34.4 Å². The highest BCUT2D eigenvalue weighted by molar-refractivity contribution is 5.98. The first-order valence-corrected chi connectivity index (χ1v) is 12.0. The van der Waals surface area contributed by atoms with Crippen molar-refractivity contribution in [2.24, 2.45) is 4.99 Å². The molecule has 0 radical (unpaired) electrons. The highest BCUT2D eigenvalue weighted by Gasteiger charge is 2.28. The number of furan rings is 1. The number of aryl methyl sites for hydroxylation is 2. The number of hydrogen-bond acceptors (Lipinski definition) is 6. The Balaban J connectivity index is 1.36. The third-order valence-electron chi connectivity index (χ3n) is 5.92. The number of imidazole rings is 1. The molecule has 0 aliphatic carbocycles. The maximum Gasteiger partial charge on any atom is 0.247 e. The molecule has 4 rings (SSSR count). The second-order valence-electron chi connectivity index (χ2n) is 8.72. The first kappa shape index (κ1) is 24.8. The number of guanidine groups is 1. The fraction of sp³-hybridized carbons (Fsp3) is 0.400. The normalized spacial score (nSPS) is 16.4. The van der Waals surface area contributed by atoms with Gasteiger partial charge in [0.05, 0.1) is 12.9 Å². The molecule has 0 spiro atoms. The van der Waals surface area contributed by atoms with Gasteiger partial charge < -0.3 is 24.5 Å². The van der Waals surface area contributed by atoms with E-state index in [-0.39, 0.29) is 24.3 Å². The molecule has 1 saturated heterocycles. The molecule has 1 fully saturated rings. The fourth-order valence-corrected chi connectivity index (χ4v) is 4.19. The van der Waals surface area contributed by atoms with Gasteiger partial charge in [-0.3, -0.25) is 14.9 Å². The van der Waals surface area contributed by atoms with Gasteiger partial charge in [-0.2, -0.15) is 5.26 Å². The second kappa shape index (κ2) is 11.9. The maximum absolute atomic E-state index is 13.2. The summed E-state index contributed by atoms with van der Waals surface area (Å²) in [4.78, 5) is 35.8. The van der Waals surface area contributed by atoms with Crippen molar-refractivity contribution in [1.29, 1.82) is 5.26 Å². The van der Waals surface area contributed by atoms with E-state index >= 15 is 0 Å². The summed E-state index contributed by atoms with van der Waals surface area (Å²) in [5.41, 5.74) is 1.47. The Morgan fingerprint density at radius 1 is 1.33 bits per heavy atom. The Hall–Kier alpha value is -4.33. The zero-order chi connectivity index (χ0) is 25.3. The highest BCUT2D eigenvalue weighted by atomic mass is 16.3. The van der Waals surface area contributed by atoms with E-state index in [1.54, 1.807) is 17.4 Å². The third-order valence-corrected chi connectivity index (χ3v) is 5.92. The number of anilines is 1. The van der Waals surface area contributed by atoms with Crippen LogP contribution in [0.4, 0.5) is 5.69 Å². The largest absolute Gasteiger partial charge is 0.461 e. The van der Waals surface area contributed by atoms with Crippen molar-refractivity contribution in [2.75, 3.05) is 25.0 Å². The maximum atomic E-state index is 13.2. The molecule has 1 atom stereocenters. The van der Waals surface area contributed by atoms with Gasteiger partial charge in [-0.1, -0.05) is 0 Å². The van der Waals surface area contributed by atoms with Crippen LogP contribution in [0.2, 0.25) is 0 Å². The molecule has 0 bridgehead atoms. The number of nitrogens with zero attached hydrogens (tertiary/aromatic N) is 5. The first-order chi connectivity index (χ1) is 17.5. The summed E-state index contributed by atoms with van der Waals surface area (Å²) in [6, 6.07) is 6.77. The fourth-order valence-electron chi connectivity index (χ4n) is 4.19. The van der Waals surface area contributed by atoms with Crippen LogP contribution in [0, 0.1) is 18.4 Å². The molecule has 188 valence electrons. The van der Waals surface area contributed by atoms with E-state index in [0.717, 1.165) is 42.5 Å². The van der Waals surface area contributed by atoms with Gasteiger partial charge in [-0.25, -0.2) is 9.98 Å². The predicted molar refractivity (Wildman–Crippen MR) is 135 cm³/mol. The van der Waals surface area contributed by atoms with Crippen molar-refractivity contribution in [3.8, 4) is 6.19 Å². The number of amides is 2. The van der Waals surface area contributed by atoms with E-state index in [4.69, 9.17) is 4.42 Å². The average Bonchev–Trinajstić information content (AvgIpc) is 3.47. The Bertz CT molecular complexity index is 1260. The van der Waals surface area contributed by atoms with Gasteiger partial charge >= 0.3 is 0 Å². The predicted octanol–water partition coefficient (Wildman–Crippen LogP) is 2.36. The van der Waals surface area contributed by atoms with Gasteiger partial charge in [-0.05, 0) is 56.9 Å². The number of aliphatic imine (C=N–C) groups is 1. The Kier molecular flexibility index (Phi) is 8.18. The van der Waals surface area contributed by atoms with E-state index in [2.05, 4.69) is 25.9 Å². The monoisotopic (exact) mass is 490 g/mol. The molecule has 3 aromatic rings. The lowest BCUT2D eigenvalue weighted by Gasteiger charge is -2.22. The number of hydrogen-bond donors (Lipinski definition) is 3. The zero-order valence-corrected chi connectivity index (χ0v) is 20.2. The van der Waals surface area contributed by atoms with Crippen molar-refractivity contribution in [2.45, 2.75) is 45.2 Å². The lowest BCUT2D eigenvalue weighted by molar-refractivity contribution is -0.136. The number of rotatable bonds is 8. The van der Waals surface area contributed by atoms with Crippen LogP contribution in [0.25, 0.3) is 11.0 Å². The summed E-state index contributed by atoms with van der Waals surface area (Å²) in [5.74, 6) is 0.565. The number of nitriles is 1. The summed E-state index contributed by atoms with van der Waals surface area (Å²) in [5, 5.41) is 18.7. The molecule has 11 heteroatoms. The van der Waals surface area contributed by atoms with Crippen LogP contribution >= 0.6 is 0 Å². The lowest BCUT2D eigenvalue weighted by Crippen LogP contribution is -2.44. The van der Waals surface area contributed by atoms with Crippen molar-refractivity contribution in [3.05, 3.63) is 48.7 Å². The quantitative estimate of drug-likeness (QED) is 0.145. The van der Waals surface area contributed by atoms with E-state index in [0.29, 0.717) is 25.2 Å². The van der Waals surface area contributed by atoms with Crippen LogP contribution < -0.4 is 16.0 Å². The zero-order valence-electron chi connectivity index (χ0n) is 20.2. The van der Waals surface area contributed by atoms with Gasteiger partial charge in [0, 0.05) is 43.1 Å². The molecule has 1 aliphatic rings. The summed E-state index contributed by atoms with van der Waals surface area (Å²) >= 11 is 0. The smallest absolute Gasteiger partial charge is 0.247 e. The van der Waals surface area contributed by atoms with E-state index in [1.165, 1.54) is 0 Å². The number of carbonyl (C=O) groups is 2. The SMILES string of the molecule is Cc1cc2cc(NC(=NC3CCCCN(CC(=O)NCCCn4ccnc4)C3=O)NC#N)ccc2o1. The van der Waals surface area contributed by atoms with Gasteiger partial charge in [0.15, 0.2) is 6.19 Å². The Morgan fingerprint density at radius 3 is 3.03 bits per heavy atom. The van der Waals surface area contributed by atoms with Crippen molar-refractivity contribution in [3.63, 3.8) is 0 Å². The van der Waals surface area contributed by atoms with Crippen LogP contribution in [0.1, 0.15) is 31.4 Å². The van der Waals surface area contributed by atoms with E-state index in [1.807, 2.05) is 48.1 Å². The minimum absolute atomic E-state index is 0.0130.